The van der Waals surface area contributed by atoms with E-state index < -0.39 is 0 Å². The van der Waals surface area contributed by atoms with E-state index in [0.717, 1.165) is 21.1 Å². The van der Waals surface area contributed by atoms with Crippen molar-refractivity contribution in [3.63, 3.8) is 0 Å². The molecular weight excluding hydrogens is 272 g/mol. The molecule has 0 aliphatic heterocycles. The van der Waals surface area contributed by atoms with Gasteiger partial charge in [-0.1, -0.05) is 23.5 Å². The monoisotopic (exact) mass is 286 g/mol. The molecule has 0 aliphatic carbocycles. The van der Waals surface area contributed by atoms with Crippen LogP contribution in [0.2, 0.25) is 0 Å². The molecule has 102 valence electrons. The number of carbonyl (C=O) groups excluding carboxylic acids is 1. The van der Waals surface area contributed by atoms with Crippen LogP contribution in [0.3, 0.4) is 0 Å². The van der Waals surface area contributed by atoms with Crippen molar-refractivity contribution in [1.29, 1.82) is 0 Å². The minimum absolute atomic E-state index is 0.0421. The van der Waals surface area contributed by atoms with Gasteiger partial charge >= 0.3 is 0 Å². The molecule has 0 atom stereocenters. The number of fused-ring (bicyclic) bond motifs is 1. The number of thiazole rings is 1. The molecule has 0 aliphatic rings. The number of carbonyl (C=O) groups is 1. The maximum Gasteiger partial charge on any atom is 0.228 e. The van der Waals surface area contributed by atoms with E-state index in [1.54, 1.807) is 18.2 Å². The number of anilines is 1. The Morgan fingerprint density at radius 2 is 2.15 bits per heavy atom. The van der Waals surface area contributed by atoms with Crippen molar-refractivity contribution in [2.24, 2.45) is 0 Å². The van der Waals surface area contributed by atoms with E-state index in [9.17, 15) is 4.79 Å². The lowest BCUT2D eigenvalue weighted by molar-refractivity contribution is -0.118. The molecule has 0 fully saturated rings. The molecular formula is C15H14N2O2S. The van der Waals surface area contributed by atoms with Gasteiger partial charge in [0.15, 0.2) is 5.13 Å². The predicted molar refractivity (Wildman–Crippen MR) is 80.1 cm³/mol. The van der Waals surface area contributed by atoms with Crippen molar-refractivity contribution in [3.05, 3.63) is 48.4 Å². The van der Waals surface area contributed by atoms with Crippen molar-refractivity contribution in [1.82, 2.24) is 4.98 Å². The molecule has 4 nitrogen and oxygen atoms in total. The summed E-state index contributed by atoms with van der Waals surface area (Å²) < 4.78 is 6.32. The largest absolute Gasteiger partial charge is 0.469 e. The summed E-state index contributed by atoms with van der Waals surface area (Å²) in [5.41, 5.74) is 0.929. The lowest BCUT2D eigenvalue weighted by Crippen LogP contribution is -2.26. The zero-order chi connectivity index (χ0) is 13.9. The third kappa shape index (κ3) is 2.58. The number of nitrogens with zero attached hydrogens (tertiary/aromatic N) is 2. The fourth-order valence-corrected chi connectivity index (χ4v) is 2.91. The van der Waals surface area contributed by atoms with Crippen molar-refractivity contribution < 1.29 is 9.21 Å². The highest BCUT2D eigenvalue weighted by Crippen LogP contribution is 2.28. The number of rotatable bonds is 4. The SMILES string of the molecule is CN(C(=O)CCc1ccco1)c1nc2ccccc2s1. The van der Waals surface area contributed by atoms with Gasteiger partial charge in [-0.3, -0.25) is 9.69 Å². The van der Waals surface area contributed by atoms with Crippen LogP contribution in [0, 0.1) is 0 Å². The van der Waals surface area contributed by atoms with Crippen LogP contribution in [-0.2, 0) is 11.2 Å². The standard InChI is InChI=1S/C15H14N2O2S/c1-17(14(18)9-8-11-5-4-10-19-11)15-16-12-6-2-3-7-13(12)20-15/h2-7,10H,8-9H2,1H3. The molecule has 0 bridgehead atoms. The summed E-state index contributed by atoms with van der Waals surface area (Å²) in [7, 11) is 1.77. The number of hydrogen-bond donors (Lipinski definition) is 0. The van der Waals surface area contributed by atoms with E-state index in [1.165, 1.54) is 11.3 Å². The van der Waals surface area contributed by atoms with Crippen LogP contribution < -0.4 is 4.90 Å². The number of aromatic nitrogens is 1. The van der Waals surface area contributed by atoms with Crippen LogP contribution in [0.25, 0.3) is 10.2 Å². The number of benzene rings is 1. The van der Waals surface area contributed by atoms with Crippen molar-refractivity contribution in [3.8, 4) is 0 Å². The maximum atomic E-state index is 12.2. The Labute approximate surface area is 120 Å². The molecule has 0 unspecified atom stereocenters. The molecule has 2 heterocycles. The Kier molecular flexibility index (Phi) is 3.52. The first-order valence-corrected chi connectivity index (χ1v) is 7.20. The first-order valence-electron chi connectivity index (χ1n) is 6.38. The number of aryl methyl sites for hydroxylation is 1. The Balaban J connectivity index is 1.71. The highest BCUT2D eigenvalue weighted by Gasteiger charge is 2.15. The number of amides is 1. The topological polar surface area (TPSA) is 46.3 Å². The third-order valence-electron chi connectivity index (χ3n) is 3.11. The summed E-state index contributed by atoms with van der Waals surface area (Å²) in [4.78, 5) is 18.3. The second-order valence-corrected chi connectivity index (χ2v) is 5.51. The third-order valence-corrected chi connectivity index (χ3v) is 4.22. The van der Waals surface area contributed by atoms with E-state index in [4.69, 9.17) is 4.42 Å². The summed E-state index contributed by atoms with van der Waals surface area (Å²) in [6.45, 7) is 0. The summed E-state index contributed by atoms with van der Waals surface area (Å²) in [6.07, 6.45) is 2.65. The van der Waals surface area contributed by atoms with Crippen LogP contribution in [0.4, 0.5) is 5.13 Å². The lowest BCUT2D eigenvalue weighted by Gasteiger charge is -2.12. The minimum atomic E-state index is 0.0421. The second-order valence-electron chi connectivity index (χ2n) is 4.50. The van der Waals surface area contributed by atoms with Crippen LogP contribution in [0.5, 0.6) is 0 Å². The average molecular weight is 286 g/mol. The van der Waals surface area contributed by atoms with E-state index in [0.29, 0.717) is 12.8 Å². The molecule has 1 amide bonds. The Hall–Kier alpha value is -2.14. The van der Waals surface area contributed by atoms with Gasteiger partial charge in [0, 0.05) is 19.9 Å². The molecule has 3 rings (SSSR count). The average Bonchev–Trinajstić information content (AvgIpc) is 3.12. The molecule has 0 spiro atoms. The normalized spacial score (nSPS) is 10.8. The quantitative estimate of drug-likeness (QED) is 0.737. The second kappa shape index (κ2) is 5.46. The molecule has 2 aromatic heterocycles. The molecule has 5 heteroatoms. The van der Waals surface area contributed by atoms with Gasteiger partial charge in [0.1, 0.15) is 5.76 Å². The molecule has 1 aromatic carbocycles. The van der Waals surface area contributed by atoms with E-state index in [1.807, 2.05) is 36.4 Å². The van der Waals surface area contributed by atoms with Gasteiger partial charge in [0.05, 0.1) is 16.5 Å². The molecule has 3 aromatic rings. The van der Waals surface area contributed by atoms with Crippen LogP contribution >= 0.6 is 11.3 Å². The van der Waals surface area contributed by atoms with Gasteiger partial charge in [-0.15, -0.1) is 0 Å². The molecule has 0 saturated carbocycles. The van der Waals surface area contributed by atoms with Gasteiger partial charge in [0.2, 0.25) is 5.91 Å². The van der Waals surface area contributed by atoms with Crippen LogP contribution in [0.15, 0.2) is 47.1 Å². The maximum absolute atomic E-state index is 12.2. The van der Waals surface area contributed by atoms with Crippen LogP contribution in [0.1, 0.15) is 12.2 Å². The summed E-state index contributed by atoms with van der Waals surface area (Å²) in [6, 6.07) is 11.6. The molecule has 0 saturated heterocycles. The fraction of sp³-hybridized carbons (Fsp3) is 0.200. The van der Waals surface area contributed by atoms with Crippen molar-refractivity contribution in [2.45, 2.75) is 12.8 Å². The Morgan fingerprint density at radius 3 is 2.90 bits per heavy atom. The first kappa shape index (κ1) is 12.9. The van der Waals surface area contributed by atoms with Crippen molar-refractivity contribution in [2.75, 3.05) is 11.9 Å². The van der Waals surface area contributed by atoms with Crippen LogP contribution in [-0.4, -0.2) is 17.9 Å². The zero-order valence-electron chi connectivity index (χ0n) is 11.1. The minimum Gasteiger partial charge on any atom is -0.469 e. The summed E-state index contributed by atoms with van der Waals surface area (Å²) in [5, 5.41) is 0.732. The summed E-state index contributed by atoms with van der Waals surface area (Å²) in [5.74, 6) is 0.872. The van der Waals surface area contributed by atoms with E-state index >= 15 is 0 Å². The van der Waals surface area contributed by atoms with Gasteiger partial charge in [-0.05, 0) is 24.3 Å². The van der Waals surface area contributed by atoms with Gasteiger partial charge in [0.25, 0.3) is 0 Å². The van der Waals surface area contributed by atoms with Gasteiger partial charge < -0.3 is 4.42 Å². The highest BCUT2D eigenvalue weighted by atomic mass is 32.1. The van der Waals surface area contributed by atoms with Gasteiger partial charge in [-0.2, -0.15) is 0 Å². The summed E-state index contributed by atoms with van der Waals surface area (Å²) >= 11 is 1.53. The lowest BCUT2D eigenvalue weighted by atomic mass is 10.2. The Bertz CT molecular complexity index is 685. The predicted octanol–water partition coefficient (Wildman–Crippen LogP) is 3.48. The van der Waals surface area contributed by atoms with E-state index in [2.05, 4.69) is 4.98 Å². The van der Waals surface area contributed by atoms with Gasteiger partial charge in [-0.25, -0.2) is 4.98 Å². The number of furan rings is 1. The van der Waals surface area contributed by atoms with Crippen molar-refractivity contribution >= 4 is 32.6 Å². The molecule has 20 heavy (non-hydrogen) atoms. The first-order chi connectivity index (χ1) is 9.74. The smallest absolute Gasteiger partial charge is 0.228 e. The number of hydrogen-bond acceptors (Lipinski definition) is 4. The Morgan fingerprint density at radius 1 is 1.30 bits per heavy atom. The van der Waals surface area contributed by atoms with E-state index in [-0.39, 0.29) is 5.91 Å². The zero-order valence-corrected chi connectivity index (χ0v) is 11.9. The molecule has 0 radical (unpaired) electrons. The molecule has 0 N–H and O–H groups in total. The number of para-hydroxylation sites is 1. The fourth-order valence-electron chi connectivity index (χ4n) is 1.96. The highest BCUT2D eigenvalue weighted by molar-refractivity contribution is 7.22.